The summed E-state index contributed by atoms with van der Waals surface area (Å²) in [4.78, 5) is 34.3. The molecular formula is C13H14O4. The lowest BCUT2D eigenvalue weighted by molar-refractivity contribution is -0.137. The van der Waals surface area contributed by atoms with Gasteiger partial charge in [-0.25, -0.2) is 4.79 Å². The predicted octanol–water partition coefficient (Wildman–Crippen LogP) is 1.78. The topological polar surface area (TPSA) is 60.4 Å². The molecule has 90 valence electrons. The van der Waals surface area contributed by atoms with E-state index in [-0.39, 0.29) is 12.2 Å². The SMILES string of the molecule is CCC(=O)C(OC(=O)c1ccccc1)C(C)=O. The Morgan fingerprint density at radius 1 is 1.18 bits per heavy atom. The number of carbonyl (C=O) groups excluding carboxylic acids is 3. The van der Waals surface area contributed by atoms with Gasteiger partial charge in [0.1, 0.15) is 0 Å². The van der Waals surface area contributed by atoms with Crippen molar-refractivity contribution in [1.82, 2.24) is 0 Å². The molecule has 1 aromatic carbocycles. The van der Waals surface area contributed by atoms with Gasteiger partial charge in [-0.2, -0.15) is 0 Å². The fourth-order valence-electron chi connectivity index (χ4n) is 1.31. The third-order valence-electron chi connectivity index (χ3n) is 2.24. The number of ketones is 2. The van der Waals surface area contributed by atoms with Gasteiger partial charge in [0, 0.05) is 6.42 Å². The molecule has 4 heteroatoms. The van der Waals surface area contributed by atoms with Crippen molar-refractivity contribution in [3.8, 4) is 0 Å². The van der Waals surface area contributed by atoms with Crippen LogP contribution in [0.2, 0.25) is 0 Å². The van der Waals surface area contributed by atoms with Crippen LogP contribution in [0.25, 0.3) is 0 Å². The molecule has 0 aliphatic carbocycles. The molecule has 0 radical (unpaired) electrons. The number of benzene rings is 1. The van der Waals surface area contributed by atoms with Gasteiger partial charge in [0.15, 0.2) is 11.6 Å². The quantitative estimate of drug-likeness (QED) is 0.575. The van der Waals surface area contributed by atoms with Crippen LogP contribution in [0.1, 0.15) is 30.6 Å². The first-order valence-corrected chi connectivity index (χ1v) is 5.35. The summed E-state index contributed by atoms with van der Waals surface area (Å²) >= 11 is 0. The average molecular weight is 234 g/mol. The zero-order valence-corrected chi connectivity index (χ0v) is 9.80. The zero-order valence-electron chi connectivity index (χ0n) is 9.80. The van der Waals surface area contributed by atoms with Crippen LogP contribution in [-0.4, -0.2) is 23.6 Å². The smallest absolute Gasteiger partial charge is 0.339 e. The molecule has 0 spiro atoms. The minimum atomic E-state index is -1.28. The summed E-state index contributed by atoms with van der Waals surface area (Å²) < 4.78 is 4.91. The number of carbonyl (C=O) groups is 3. The van der Waals surface area contributed by atoms with E-state index in [4.69, 9.17) is 4.74 Å². The van der Waals surface area contributed by atoms with Crippen LogP contribution < -0.4 is 0 Å². The second kappa shape index (κ2) is 5.94. The maximum absolute atomic E-state index is 11.7. The van der Waals surface area contributed by atoms with Gasteiger partial charge in [0.05, 0.1) is 5.56 Å². The molecule has 1 aromatic rings. The lowest BCUT2D eigenvalue weighted by Gasteiger charge is -2.12. The lowest BCUT2D eigenvalue weighted by atomic mass is 10.1. The van der Waals surface area contributed by atoms with Crippen LogP contribution in [0.5, 0.6) is 0 Å². The highest BCUT2D eigenvalue weighted by atomic mass is 16.5. The van der Waals surface area contributed by atoms with Gasteiger partial charge in [-0.05, 0) is 19.1 Å². The van der Waals surface area contributed by atoms with Crippen molar-refractivity contribution in [1.29, 1.82) is 0 Å². The summed E-state index contributed by atoms with van der Waals surface area (Å²) in [6, 6.07) is 8.25. The van der Waals surface area contributed by atoms with E-state index < -0.39 is 17.9 Å². The van der Waals surface area contributed by atoms with E-state index >= 15 is 0 Å². The Balaban J connectivity index is 2.78. The molecule has 0 heterocycles. The van der Waals surface area contributed by atoms with Crippen LogP contribution in [0.15, 0.2) is 30.3 Å². The van der Waals surface area contributed by atoms with Crippen LogP contribution >= 0.6 is 0 Å². The van der Waals surface area contributed by atoms with Crippen molar-refractivity contribution in [3.05, 3.63) is 35.9 Å². The van der Waals surface area contributed by atoms with Crippen LogP contribution in [0, 0.1) is 0 Å². The molecular weight excluding hydrogens is 220 g/mol. The average Bonchev–Trinajstić information content (AvgIpc) is 2.35. The molecule has 1 atom stereocenters. The van der Waals surface area contributed by atoms with E-state index in [2.05, 4.69) is 0 Å². The number of hydrogen-bond acceptors (Lipinski definition) is 4. The molecule has 0 aliphatic heterocycles. The minimum Gasteiger partial charge on any atom is -0.443 e. The van der Waals surface area contributed by atoms with E-state index in [0.717, 1.165) is 0 Å². The van der Waals surface area contributed by atoms with Gasteiger partial charge in [-0.1, -0.05) is 25.1 Å². The Labute approximate surface area is 99.6 Å². The van der Waals surface area contributed by atoms with Crippen LogP contribution in [0.4, 0.5) is 0 Å². The van der Waals surface area contributed by atoms with Gasteiger partial charge in [0.2, 0.25) is 6.10 Å². The Kier molecular flexibility index (Phi) is 4.57. The van der Waals surface area contributed by atoms with E-state index in [9.17, 15) is 14.4 Å². The van der Waals surface area contributed by atoms with Crippen molar-refractivity contribution in [2.45, 2.75) is 26.4 Å². The van der Waals surface area contributed by atoms with Gasteiger partial charge >= 0.3 is 5.97 Å². The van der Waals surface area contributed by atoms with Gasteiger partial charge in [0.25, 0.3) is 0 Å². The number of ether oxygens (including phenoxy) is 1. The molecule has 0 saturated heterocycles. The monoisotopic (exact) mass is 234 g/mol. The molecule has 0 bridgehead atoms. The Hall–Kier alpha value is -1.97. The van der Waals surface area contributed by atoms with E-state index in [1.807, 2.05) is 0 Å². The molecule has 17 heavy (non-hydrogen) atoms. The summed E-state index contributed by atoms with van der Waals surface area (Å²) in [7, 11) is 0. The summed E-state index contributed by atoms with van der Waals surface area (Å²) in [6.45, 7) is 2.85. The van der Waals surface area contributed by atoms with Crippen LogP contribution in [0.3, 0.4) is 0 Å². The highest BCUT2D eigenvalue weighted by molar-refractivity contribution is 6.06. The molecule has 0 N–H and O–H groups in total. The highest BCUT2D eigenvalue weighted by Gasteiger charge is 2.26. The minimum absolute atomic E-state index is 0.159. The number of rotatable bonds is 5. The van der Waals surface area contributed by atoms with Gasteiger partial charge in [-0.3, -0.25) is 9.59 Å². The molecule has 1 rings (SSSR count). The number of hydrogen-bond donors (Lipinski definition) is 0. The highest BCUT2D eigenvalue weighted by Crippen LogP contribution is 2.06. The first-order valence-electron chi connectivity index (χ1n) is 5.35. The normalized spacial score (nSPS) is 11.6. The van der Waals surface area contributed by atoms with Crippen molar-refractivity contribution in [3.63, 3.8) is 0 Å². The molecule has 0 aromatic heterocycles. The maximum Gasteiger partial charge on any atom is 0.339 e. The molecule has 0 saturated carbocycles. The molecule has 0 amide bonds. The van der Waals surface area contributed by atoms with Crippen molar-refractivity contribution < 1.29 is 19.1 Å². The predicted molar refractivity (Wildman–Crippen MR) is 61.6 cm³/mol. The maximum atomic E-state index is 11.7. The fourth-order valence-corrected chi connectivity index (χ4v) is 1.31. The largest absolute Gasteiger partial charge is 0.443 e. The lowest BCUT2D eigenvalue weighted by Crippen LogP contribution is -2.33. The first kappa shape index (κ1) is 13.1. The number of Topliss-reactive ketones (excluding diaryl/α,β-unsaturated/α-hetero) is 2. The summed E-state index contributed by atoms with van der Waals surface area (Å²) in [5, 5.41) is 0. The van der Waals surface area contributed by atoms with Gasteiger partial charge < -0.3 is 4.74 Å². The van der Waals surface area contributed by atoms with Crippen molar-refractivity contribution in [2.75, 3.05) is 0 Å². The Bertz CT molecular complexity index is 422. The third kappa shape index (κ3) is 3.52. The second-order valence-electron chi connectivity index (χ2n) is 3.58. The van der Waals surface area contributed by atoms with E-state index in [1.54, 1.807) is 37.3 Å². The van der Waals surface area contributed by atoms with Gasteiger partial charge in [-0.15, -0.1) is 0 Å². The molecule has 0 aliphatic rings. The molecule has 4 nitrogen and oxygen atoms in total. The van der Waals surface area contributed by atoms with Crippen LogP contribution in [-0.2, 0) is 14.3 Å². The summed E-state index contributed by atoms with van der Waals surface area (Å²) in [5.41, 5.74) is 0.322. The van der Waals surface area contributed by atoms with Crippen molar-refractivity contribution >= 4 is 17.5 Å². The first-order chi connectivity index (χ1) is 8.06. The third-order valence-corrected chi connectivity index (χ3v) is 2.24. The van der Waals surface area contributed by atoms with E-state index in [1.165, 1.54) is 6.92 Å². The zero-order chi connectivity index (χ0) is 12.8. The molecule has 0 fully saturated rings. The molecule has 1 unspecified atom stereocenters. The van der Waals surface area contributed by atoms with Crippen molar-refractivity contribution in [2.24, 2.45) is 0 Å². The summed E-state index contributed by atoms with van der Waals surface area (Å²) in [5.74, 6) is -1.50. The Morgan fingerprint density at radius 3 is 2.24 bits per heavy atom. The van der Waals surface area contributed by atoms with E-state index in [0.29, 0.717) is 5.56 Å². The second-order valence-corrected chi connectivity index (χ2v) is 3.58. The Morgan fingerprint density at radius 2 is 1.76 bits per heavy atom. The number of esters is 1. The standard InChI is InChI=1S/C13H14O4/c1-3-11(15)12(9(2)14)17-13(16)10-7-5-4-6-8-10/h4-8,12H,3H2,1-2H3. The summed E-state index contributed by atoms with van der Waals surface area (Å²) in [6.07, 6.45) is -1.13. The fraction of sp³-hybridized carbons (Fsp3) is 0.308.